The summed E-state index contributed by atoms with van der Waals surface area (Å²) in [5, 5.41) is 4.68. The number of hydrogen-bond donors (Lipinski definition) is 0. The zero-order valence-corrected chi connectivity index (χ0v) is 14.9. The highest BCUT2D eigenvalue weighted by Gasteiger charge is 2.14. The van der Waals surface area contributed by atoms with E-state index in [4.69, 9.17) is 4.42 Å². The molecular formula is C19H11BrFN3O2. The molecule has 26 heavy (non-hydrogen) atoms. The summed E-state index contributed by atoms with van der Waals surface area (Å²) in [6, 6.07) is 14.5. The van der Waals surface area contributed by atoms with Gasteiger partial charge in [-0.1, -0.05) is 28.1 Å². The summed E-state index contributed by atoms with van der Waals surface area (Å²) in [4.78, 5) is 17.5. The van der Waals surface area contributed by atoms with Gasteiger partial charge >= 0.3 is 0 Å². The minimum Gasteiger partial charge on any atom is -0.461 e. The van der Waals surface area contributed by atoms with Crippen LogP contribution >= 0.6 is 15.9 Å². The molecule has 128 valence electrons. The fourth-order valence-electron chi connectivity index (χ4n) is 2.49. The van der Waals surface area contributed by atoms with E-state index in [1.54, 1.807) is 36.4 Å². The first-order valence-corrected chi connectivity index (χ1v) is 8.47. The minimum absolute atomic E-state index is 0.285. The number of hydrogen-bond acceptors (Lipinski definition) is 4. The van der Waals surface area contributed by atoms with Crippen molar-refractivity contribution in [2.75, 3.05) is 0 Å². The topological polar surface area (TPSA) is 60.4 Å². The van der Waals surface area contributed by atoms with Crippen LogP contribution in [0.4, 0.5) is 4.39 Å². The Morgan fingerprint density at radius 2 is 1.96 bits per heavy atom. The van der Waals surface area contributed by atoms with E-state index in [9.17, 15) is 9.18 Å². The normalized spacial score (nSPS) is 11.5. The molecule has 0 unspecified atom stereocenters. The molecule has 4 aromatic rings. The molecule has 4 rings (SSSR count). The quantitative estimate of drug-likeness (QED) is 0.468. The Bertz CT molecular complexity index is 1170. The van der Waals surface area contributed by atoms with Crippen molar-refractivity contribution >= 4 is 33.0 Å². The van der Waals surface area contributed by atoms with Gasteiger partial charge in [-0.15, -0.1) is 0 Å². The lowest BCUT2D eigenvalue weighted by Gasteiger charge is -2.07. The molecule has 0 atom stereocenters. The highest BCUT2D eigenvalue weighted by molar-refractivity contribution is 9.10. The second kappa shape index (κ2) is 6.68. The van der Waals surface area contributed by atoms with E-state index in [2.05, 4.69) is 26.0 Å². The number of fused-ring (bicyclic) bond motifs is 1. The van der Waals surface area contributed by atoms with Crippen LogP contribution < -0.4 is 5.56 Å². The molecule has 0 aliphatic heterocycles. The molecule has 2 heterocycles. The second-order valence-electron chi connectivity index (χ2n) is 5.49. The Balaban J connectivity index is 1.93. The first-order valence-electron chi connectivity index (χ1n) is 7.68. The third-order valence-electron chi connectivity index (χ3n) is 3.74. The highest BCUT2D eigenvalue weighted by atomic mass is 79.9. The molecule has 5 nitrogen and oxygen atoms in total. The second-order valence-corrected chi connectivity index (χ2v) is 6.40. The molecule has 0 aliphatic carbocycles. The van der Waals surface area contributed by atoms with Gasteiger partial charge in [-0.25, -0.2) is 9.37 Å². The van der Waals surface area contributed by atoms with Gasteiger partial charge < -0.3 is 4.42 Å². The van der Waals surface area contributed by atoms with Gasteiger partial charge in [-0.2, -0.15) is 9.78 Å². The van der Waals surface area contributed by atoms with Crippen LogP contribution in [0.1, 0.15) is 5.56 Å². The van der Waals surface area contributed by atoms with Gasteiger partial charge in [0.2, 0.25) is 5.82 Å². The summed E-state index contributed by atoms with van der Waals surface area (Å²) in [7, 11) is 0. The van der Waals surface area contributed by atoms with E-state index in [1.165, 1.54) is 29.3 Å². The maximum Gasteiger partial charge on any atom is 0.282 e. The Hall–Kier alpha value is -3.06. The first kappa shape index (κ1) is 16.4. The van der Waals surface area contributed by atoms with Crippen LogP contribution in [0.3, 0.4) is 0 Å². The summed E-state index contributed by atoms with van der Waals surface area (Å²) in [5.41, 5.74) is 0.858. The molecule has 0 spiro atoms. The third-order valence-corrected chi connectivity index (χ3v) is 4.24. The van der Waals surface area contributed by atoms with Crippen molar-refractivity contribution in [2.24, 2.45) is 5.10 Å². The lowest BCUT2D eigenvalue weighted by molar-refractivity contribution is 0.571. The number of nitrogens with zero attached hydrogens (tertiary/aromatic N) is 3. The lowest BCUT2D eigenvalue weighted by atomic mass is 10.2. The molecule has 0 saturated heterocycles. The molecular weight excluding hydrogens is 401 g/mol. The van der Waals surface area contributed by atoms with Gasteiger partial charge in [0.15, 0.2) is 5.76 Å². The predicted octanol–water partition coefficient (Wildman–Crippen LogP) is 4.44. The number of aromatic nitrogens is 2. The Morgan fingerprint density at radius 1 is 1.15 bits per heavy atom. The standard InChI is InChI=1S/C19H11BrFN3O2/c20-13-5-8-16-15(10-13)19(25)24(18(23-16)17-2-1-9-26-17)22-11-12-3-6-14(21)7-4-12/h1-11H. The van der Waals surface area contributed by atoms with Crippen molar-refractivity contribution in [3.05, 3.63) is 87.1 Å². The number of benzene rings is 2. The predicted molar refractivity (Wildman–Crippen MR) is 101 cm³/mol. The van der Waals surface area contributed by atoms with Crippen molar-refractivity contribution in [1.29, 1.82) is 0 Å². The van der Waals surface area contributed by atoms with Crippen molar-refractivity contribution in [1.82, 2.24) is 9.66 Å². The molecule has 0 aliphatic rings. The summed E-state index contributed by atoms with van der Waals surface area (Å²) in [6.07, 6.45) is 2.97. The van der Waals surface area contributed by atoms with Gasteiger partial charge in [0.1, 0.15) is 5.82 Å². The van der Waals surface area contributed by atoms with Crippen molar-refractivity contribution in [3.8, 4) is 11.6 Å². The molecule has 2 aromatic carbocycles. The molecule has 0 amide bonds. The largest absolute Gasteiger partial charge is 0.461 e. The lowest BCUT2D eigenvalue weighted by Crippen LogP contribution is -2.20. The third kappa shape index (κ3) is 3.09. The minimum atomic E-state index is -0.340. The van der Waals surface area contributed by atoms with Gasteiger partial charge in [-0.3, -0.25) is 4.79 Å². The van der Waals surface area contributed by atoms with Crippen molar-refractivity contribution in [3.63, 3.8) is 0 Å². The van der Waals surface area contributed by atoms with Crippen LogP contribution in [0.25, 0.3) is 22.5 Å². The van der Waals surface area contributed by atoms with E-state index < -0.39 is 0 Å². The van der Waals surface area contributed by atoms with Gasteiger partial charge in [0.05, 0.1) is 23.4 Å². The van der Waals surface area contributed by atoms with Crippen LogP contribution in [-0.4, -0.2) is 15.9 Å². The van der Waals surface area contributed by atoms with Crippen LogP contribution in [0.2, 0.25) is 0 Å². The van der Waals surface area contributed by atoms with Crippen LogP contribution in [0.15, 0.2) is 79.6 Å². The molecule has 0 saturated carbocycles. The average molecular weight is 412 g/mol. The first-order chi connectivity index (χ1) is 12.6. The van der Waals surface area contributed by atoms with E-state index in [-0.39, 0.29) is 17.2 Å². The van der Waals surface area contributed by atoms with Gasteiger partial charge in [0, 0.05) is 4.47 Å². The van der Waals surface area contributed by atoms with Crippen LogP contribution in [0, 0.1) is 5.82 Å². The van der Waals surface area contributed by atoms with Crippen LogP contribution in [-0.2, 0) is 0 Å². The zero-order chi connectivity index (χ0) is 18.1. The molecule has 0 fully saturated rings. The van der Waals surface area contributed by atoms with Gasteiger partial charge in [0.25, 0.3) is 5.56 Å². The smallest absolute Gasteiger partial charge is 0.282 e. The fraction of sp³-hybridized carbons (Fsp3) is 0. The van der Waals surface area contributed by atoms with Crippen molar-refractivity contribution < 1.29 is 8.81 Å². The molecule has 0 bridgehead atoms. The number of halogens is 2. The Morgan fingerprint density at radius 3 is 2.69 bits per heavy atom. The van der Waals surface area contributed by atoms with E-state index in [0.29, 0.717) is 22.2 Å². The van der Waals surface area contributed by atoms with E-state index in [1.807, 2.05) is 6.07 Å². The number of furan rings is 1. The SMILES string of the molecule is O=c1c2cc(Br)ccc2nc(-c2ccco2)n1N=Cc1ccc(F)cc1. The molecule has 0 radical (unpaired) electrons. The van der Waals surface area contributed by atoms with Crippen LogP contribution in [0.5, 0.6) is 0 Å². The number of rotatable bonds is 3. The summed E-state index contributed by atoms with van der Waals surface area (Å²) in [5.74, 6) is 0.365. The maximum atomic E-state index is 13.0. The van der Waals surface area contributed by atoms with E-state index >= 15 is 0 Å². The Labute approximate surface area is 155 Å². The highest BCUT2D eigenvalue weighted by Crippen LogP contribution is 2.21. The monoisotopic (exact) mass is 411 g/mol. The molecule has 2 aromatic heterocycles. The van der Waals surface area contributed by atoms with Gasteiger partial charge in [-0.05, 0) is 48.0 Å². The fourth-order valence-corrected chi connectivity index (χ4v) is 2.86. The molecule has 7 heteroatoms. The van der Waals surface area contributed by atoms with E-state index in [0.717, 1.165) is 4.47 Å². The summed E-state index contributed by atoms with van der Waals surface area (Å²) in [6.45, 7) is 0. The average Bonchev–Trinajstić information content (AvgIpc) is 3.17. The molecule has 0 N–H and O–H groups in total. The Kier molecular flexibility index (Phi) is 4.22. The zero-order valence-electron chi connectivity index (χ0n) is 13.3. The van der Waals surface area contributed by atoms with Crippen molar-refractivity contribution in [2.45, 2.75) is 0 Å². The summed E-state index contributed by atoms with van der Waals surface area (Å²) < 4.78 is 20.4. The summed E-state index contributed by atoms with van der Waals surface area (Å²) >= 11 is 3.36. The maximum absolute atomic E-state index is 13.0.